The number of nitro benzene ring substituents is 1. The lowest BCUT2D eigenvalue weighted by molar-refractivity contribution is -0.386. The van der Waals surface area contributed by atoms with Crippen LogP contribution in [0.5, 0.6) is 5.75 Å². The van der Waals surface area contributed by atoms with Crippen LogP contribution in [0.1, 0.15) is 6.92 Å². The number of hydrogen-bond donors (Lipinski definition) is 0. The molecule has 1 aliphatic rings. The highest BCUT2D eigenvalue weighted by Crippen LogP contribution is 2.33. The van der Waals surface area contributed by atoms with Crippen molar-refractivity contribution in [1.29, 1.82) is 0 Å². The molecule has 1 fully saturated rings. The van der Waals surface area contributed by atoms with Gasteiger partial charge in [-0.05, 0) is 12.6 Å². The highest BCUT2D eigenvalue weighted by atomic mass is 19.3. The average molecular weight is 301 g/mol. The topological polar surface area (TPSA) is 58.9 Å². The van der Waals surface area contributed by atoms with Crippen molar-refractivity contribution in [2.24, 2.45) is 0 Å². The van der Waals surface area contributed by atoms with Gasteiger partial charge in [0.2, 0.25) is 5.75 Å². The zero-order valence-corrected chi connectivity index (χ0v) is 11.7. The number of nitro groups is 1. The second-order valence-corrected chi connectivity index (χ2v) is 4.71. The maximum atomic E-state index is 12.4. The van der Waals surface area contributed by atoms with Crippen LogP contribution in [0.4, 0.5) is 20.2 Å². The Morgan fingerprint density at radius 1 is 1.33 bits per heavy atom. The van der Waals surface area contributed by atoms with Crippen LogP contribution >= 0.6 is 0 Å². The van der Waals surface area contributed by atoms with Crippen LogP contribution in [-0.2, 0) is 0 Å². The predicted molar refractivity (Wildman–Crippen MR) is 74.1 cm³/mol. The number of benzene rings is 1. The molecular weight excluding hydrogens is 284 g/mol. The Morgan fingerprint density at radius 2 is 2.00 bits per heavy atom. The first-order valence-electron chi connectivity index (χ1n) is 6.71. The molecule has 0 atom stereocenters. The van der Waals surface area contributed by atoms with E-state index in [0.29, 0.717) is 5.69 Å². The maximum Gasteiger partial charge on any atom is 0.387 e. The van der Waals surface area contributed by atoms with E-state index in [-0.39, 0.29) is 0 Å². The van der Waals surface area contributed by atoms with Gasteiger partial charge in [0, 0.05) is 44.0 Å². The molecule has 0 amide bonds. The molecule has 0 aliphatic carbocycles. The van der Waals surface area contributed by atoms with Crippen molar-refractivity contribution in [3.8, 4) is 5.75 Å². The van der Waals surface area contributed by atoms with E-state index in [1.54, 1.807) is 6.07 Å². The lowest BCUT2D eigenvalue weighted by Crippen LogP contribution is -2.46. The molecule has 1 aliphatic heterocycles. The van der Waals surface area contributed by atoms with Crippen LogP contribution in [0.2, 0.25) is 0 Å². The van der Waals surface area contributed by atoms with Gasteiger partial charge in [-0.2, -0.15) is 8.78 Å². The van der Waals surface area contributed by atoms with E-state index in [0.717, 1.165) is 32.7 Å². The lowest BCUT2D eigenvalue weighted by Gasteiger charge is -2.35. The molecule has 0 radical (unpaired) electrons. The third-order valence-electron chi connectivity index (χ3n) is 3.54. The summed E-state index contributed by atoms with van der Waals surface area (Å²) in [6, 6.07) is 4.09. The average Bonchev–Trinajstić information content (AvgIpc) is 2.46. The van der Waals surface area contributed by atoms with Crippen LogP contribution in [0.3, 0.4) is 0 Å². The molecule has 2 rings (SSSR count). The number of alkyl halides is 2. The van der Waals surface area contributed by atoms with Gasteiger partial charge in [-0.15, -0.1) is 0 Å². The van der Waals surface area contributed by atoms with Crippen LogP contribution in [-0.4, -0.2) is 49.2 Å². The highest BCUT2D eigenvalue weighted by molar-refractivity contribution is 5.59. The Hall–Kier alpha value is -1.96. The Labute approximate surface area is 121 Å². The first-order valence-corrected chi connectivity index (χ1v) is 6.71. The lowest BCUT2D eigenvalue weighted by atomic mass is 10.2. The quantitative estimate of drug-likeness (QED) is 0.617. The first-order chi connectivity index (χ1) is 10.0. The predicted octanol–water partition coefficient (Wildman–Crippen LogP) is 2.34. The first kappa shape index (κ1) is 15.4. The summed E-state index contributed by atoms with van der Waals surface area (Å²) in [5, 5.41) is 10.8. The number of likely N-dealkylation sites (N-methyl/N-ethyl adjacent to an activating group) is 1. The summed E-state index contributed by atoms with van der Waals surface area (Å²) in [6.07, 6.45) is 0. The number of piperazine rings is 1. The van der Waals surface area contributed by atoms with Gasteiger partial charge < -0.3 is 14.5 Å². The van der Waals surface area contributed by atoms with Gasteiger partial charge in [0.05, 0.1) is 4.92 Å². The molecule has 0 N–H and O–H groups in total. The normalized spacial score (nSPS) is 16.3. The Kier molecular flexibility index (Phi) is 4.89. The van der Waals surface area contributed by atoms with Crippen molar-refractivity contribution >= 4 is 11.4 Å². The number of ether oxygens (including phenoxy) is 1. The summed E-state index contributed by atoms with van der Waals surface area (Å²) in [6.45, 7) is 3.21. The minimum Gasteiger partial charge on any atom is -0.427 e. The van der Waals surface area contributed by atoms with Crippen molar-refractivity contribution in [1.82, 2.24) is 4.90 Å². The minimum absolute atomic E-state index is 0.398. The number of rotatable bonds is 5. The fourth-order valence-electron chi connectivity index (χ4n) is 2.36. The molecule has 0 bridgehead atoms. The Bertz CT molecular complexity index is 505. The third-order valence-corrected chi connectivity index (χ3v) is 3.54. The number of hydrogen-bond acceptors (Lipinski definition) is 5. The smallest absolute Gasteiger partial charge is 0.387 e. The molecule has 6 nitrogen and oxygen atoms in total. The van der Waals surface area contributed by atoms with Gasteiger partial charge >= 0.3 is 12.3 Å². The van der Waals surface area contributed by atoms with Crippen molar-refractivity contribution in [3.05, 3.63) is 28.3 Å². The fraction of sp³-hybridized carbons (Fsp3) is 0.538. The van der Waals surface area contributed by atoms with E-state index in [2.05, 4.69) is 16.6 Å². The van der Waals surface area contributed by atoms with Crippen LogP contribution in [0.15, 0.2) is 18.2 Å². The number of halogens is 2. The number of anilines is 1. The van der Waals surface area contributed by atoms with Crippen LogP contribution in [0.25, 0.3) is 0 Å². The molecule has 1 aromatic rings. The molecule has 116 valence electrons. The zero-order valence-electron chi connectivity index (χ0n) is 11.7. The molecule has 8 heteroatoms. The summed E-state index contributed by atoms with van der Waals surface area (Å²) in [5.74, 6) is -0.398. The largest absolute Gasteiger partial charge is 0.427 e. The molecular formula is C13H17F2N3O3. The Morgan fingerprint density at radius 3 is 2.52 bits per heavy atom. The summed E-state index contributed by atoms with van der Waals surface area (Å²) in [4.78, 5) is 14.4. The van der Waals surface area contributed by atoms with Gasteiger partial charge in [-0.3, -0.25) is 10.1 Å². The summed E-state index contributed by atoms with van der Waals surface area (Å²) >= 11 is 0. The van der Waals surface area contributed by atoms with E-state index in [1.807, 2.05) is 4.90 Å². The van der Waals surface area contributed by atoms with E-state index in [1.165, 1.54) is 12.1 Å². The molecule has 0 saturated carbocycles. The van der Waals surface area contributed by atoms with Gasteiger partial charge in [0.15, 0.2) is 0 Å². The summed E-state index contributed by atoms with van der Waals surface area (Å²) in [7, 11) is 0. The van der Waals surface area contributed by atoms with Crippen molar-refractivity contribution < 1.29 is 18.4 Å². The van der Waals surface area contributed by atoms with Crippen LogP contribution in [0, 0.1) is 10.1 Å². The zero-order chi connectivity index (χ0) is 15.4. The van der Waals surface area contributed by atoms with Crippen molar-refractivity contribution in [3.63, 3.8) is 0 Å². The summed E-state index contributed by atoms with van der Waals surface area (Å²) < 4.78 is 29.0. The molecule has 1 aromatic carbocycles. The monoisotopic (exact) mass is 301 g/mol. The SMILES string of the molecule is CCN1CCN(c2ccc([N+](=O)[O-])c(OC(F)F)c2)CC1. The Balaban J connectivity index is 2.19. The standard InChI is InChI=1S/C13H17F2N3O3/c1-2-16-5-7-17(8-6-16)10-3-4-11(18(19)20)12(9-10)21-13(14)15/h3-4,9,13H,2,5-8H2,1H3. The third kappa shape index (κ3) is 3.78. The van der Waals surface area contributed by atoms with Crippen LogP contribution < -0.4 is 9.64 Å². The highest BCUT2D eigenvalue weighted by Gasteiger charge is 2.22. The van der Waals surface area contributed by atoms with E-state index < -0.39 is 23.0 Å². The molecule has 1 saturated heterocycles. The summed E-state index contributed by atoms with van der Waals surface area (Å²) in [5.41, 5.74) is 0.207. The van der Waals surface area contributed by atoms with E-state index in [9.17, 15) is 18.9 Å². The second-order valence-electron chi connectivity index (χ2n) is 4.71. The van der Waals surface area contributed by atoms with Gasteiger partial charge in [-0.25, -0.2) is 0 Å². The molecule has 1 heterocycles. The van der Waals surface area contributed by atoms with E-state index in [4.69, 9.17) is 0 Å². The molecule has 0 unspecified atom stereocenters. The van der Waals surface area contributed by atoms with Crippen molar-refractivity contribution in [2.75, 3.05) is 37.6 Å². The van der Waals surface area contributed by atoms with Crippen molar-refractivity contribution in [2.45, 2.75) is 13.5 Å². The van der Waals surface area contributed by atoms with Gasteiger partial charge in [-0.1, -0.05) is 6.92 Å². The molecule has 0 spiro atoms. The van der Waals surface area contributed by atoms with Gasteiger partial charge in [0.1, 0.15) is 0 Å². The van der Waals surface area contributed by atoms with Gasteiger partial charge in [0.25, 0.3) is 0 Å². The second kappa shape index (κ2) is 6.66. The minimum atomic E-state index is -3.09. The fourth-order valence-corrected chi connectivity index (χ4v) is 2.36. The maximum absolute atomic E-state index is 12.4. The van der Waals surface area contributed by atoms with E-state index >= 15 is 0 Å². The molecule has 21 heavy (non-hydrogen) atoms. The molecule has 0 aromatic heterocycles. The number of nitrogens with zero attached hydrogens (tertiary/aromatic N) is 3.